The molecule has 1 unspecified atom stereocenters. The highest BCUT2D eigenvalue weighted by atomic mass is 79.9. The van der Waals surface area contributed by atoms with Gasteiger partial charge in [-0.05, 0) is 54.3 Å². The Morgan fingerprint density at radius 1 is 1.14 bits per heavy atom. The van der Waals surface area contributed by atoms with Crippen LogP contribution in [0, 0.1) is 13.8 Å². The number of hydrogen-bond donors (Lipinski definition) is 1. The van der Waals surface area contributed by atoms with Gasteiger partial charge in [0.05, 0.1) is 6.04 Å². The van der Waals surface area contributed by atoms with Crippen LogP contribution in [0.1, 0.15) is 34.7 Å². The Labute approximate surface area is 133 Å². The third-order valence-corrected chi connectivity index (χ3v) is 4.61. The van der Waals surface area contributed by atoms with E-state index in [1.807, 2.05) is 12.1 Å². The molecular formula is C18H18BrNO. The van der Waals surface area contributed by atoms with Gasteiger partial charge in [0.15, 0.2) is 0 Å². The van der Waals surface area contributed by atoms with E-state index in [4.69, 9.17) is 0 Å². The zero-order valence-corrected chi connectivity index (χ0v) is 13.8. The zero-order chi connectivity index (χ0) is 15.0. The molecule has 0 saturated carbocycles. The van der Waals surface area contributed by atoms with Crippen molar-refractivity contribution in [3.63, 3.8) is 0 Å². The van der Waals surface area contributed by atoms with Crippen LogP contribution < -0.4 is 5.32 Å². The first-order valence-electron chi connectivity index (χ1n) is 7.17. The topological polar surface area (TPSA) is 29.1 Å². The van der Waals surface area contributed by atoms with Crippen LogP contribution in [0.5, 0.6) is 0 Å². The number of rotatable bonds is 1. The number of Topliss-reactive ketones (excluding diaryl/α,β-unsaturated/α-hetero) is 1. The number of anilines is 1. The van der Waals surface area contributed by atoms with E-state index in [-0.39, 0.29) is 11.8 Å². The van der Waals surface area contributed by atoms with Crippen molar-refractivity contribution in [1.29, 1.82) is 0 Å². The molecule has 0 radical (unpaired) electrons. The summed E-state index contributed by atoms with van der Waals surface area (Å²) >= 11 is 3.50. The second-order valence-electron chi connectivity index (χ2n) is 5.77. The minimum absolute atomic E-state index is 0.0401. The van der Waals surface area contributed by atoms with Gasteiger partial charge in [-0.2, -0.15) is 0 Å². The molecule has 3 rings (SSSR count). The second-order valence-corrected chi connectivity index (χ2v) is 6.68. The normalized spacial score (nSPS) is 17.9. The van der Waals surface area contributed by atoms with Gasteiger partial charge in [0, 0.05) is 23.0 Å². The Hall–Kier alpha value is -1.61. The van der Waals surface area contributed by atoms with Crippen LogP contribution in [0.25, 0.3) is 0 Å². The number of carbonyl (C=O) groups excluding carboxylic acids is 1. The number of halogens is 1. The van der Waals surface area contributed by atoms with Crippen molar-refractivity contribution >= 4 is 27.4 Å². The maximum atomic E-state index is 12.3. The van der Waals surface area contributed by atoms with E-state index >= 15 is 0 Å². The van der Waals surface area contributed by atoms with Crippen molar-refractivity contribution in [2.75, 3.05) is 5.32 Å². The van der Waals surface area contributed by atoms with Gasteiger partial charge in [-0.1, -0.05) is 34.1 Å². The van der Waals surface area contributed by atoms with Gasteiger partial charge < -0.3 is 5.32 Å². The Bertz CT molecular complexity index is 708. The van der Waals surface area contributed by atoms with Gasteiger partial charge in [-0.25, -0.2) is 0 Å². The summed E-state index contributed by atoms with van der Waals surface area (Å²) in [6.45, 7) is 4.20. The van der Waals surface area contributed by atoms with E-state index in [2.05, 4.69) is 59.4 Å². The number of aryl methyl sites for hydroxylation is 2. The van der Waals surface area contributed by atoms with Gasteiger partial charge in [0.2, 0.25) is 0 Å². The number of hydrogen-bond acceptors (Lipinski definition) is 2. The maximum Gasteiger partial charge on any atom is 0.139 e. The van der Waals surface area contributed by atoms with Crippen LogP contribution in [-0.4, -0.2) is 5.78 Å². The van der Waals surface area contributed by atoms with Crippen molar-refractivity contribution in [2.45, 2.75) is 32.7 Å². The lowest BCUT2D eigenvalue weighted by atomic mass is 9.99. The molecule has 21 heavy (non-hydrogen) atoms. The molecule has 0 bridgehead atoms. The fraction of sp³-hybridized carbons (Fsp3) is 0.278. The first-order valence-corrected chi connectivity index (χ1v) is 7.96. The molecule has 3 heteroatoms. The van der Waals surface area contributed by atoms with E-state index in [1.54, 1.807) is 0 Å². The number of fused-ring (bicyclic) bond motifs is 1. The maximum absolute atomic E-state index is 12.3. The van der Waals surface area contributed by atoms with Crippen LogP contribution in [0.2, 0.25) is 0 Å². The molecule has 1 heterocycles. The minimum atomic E-state index is 0.0401. The second kappa shape index (κ2) is 5.64. The van der Waals surface area contributed by atoms with Crippen LogP contribution >= 0.6 is 15.9 Å². The molecular weight excluding hydrogens is 326 g/mol. The first kappa shape index (κ1) is 14.3. The Kier molecular flexibility index (Phi) is 3.85. The molecule has 1 atom stereocenters. The van der Waals surface area contributed by atoms with Crippen LogP contribution in [0.15, 0.2) is 40.9 Å². The SMILES string of the molecule is Cc1cc2c(cc1C)NC(c1cccc(Br)c1)CC(=O)C2. The van der Waals surface area contributed by atoms with Gasteiger partial charge in [0.1, 0.15) is 5.78 Å². The fourth-order valence-corrected chi connectivity index (χ4v) is 3.25. The van der Waals surface area contributed by atoms with Gasteiger partial charge in [-0.3, -0.25) is 4.79 Å². The van der Waals surface area contributed by atoms with Crippen molar-refractivity contribution in [1.82, 2.24) is 0 Å². The molecule has 108 valence electrons. The van der Waals surface area contributed by atoms with Crippen molar-refractivity contribution < 1.29 is 4.79 Å². The summed E-state index contributed by atoms with van der Waals surface area (Å²) in [6, 6.07) is 12.5. The van der Waals surface area contributed by atoms with E-state index in [0.717, 1.165) is 21.3 Å². The summed E-state index contributed by atoms with van der Waals surface area (Å²) in [5.41, 5.74) is 5.84. The average molecular weight is 344 g/mol. The molecule has 0 fully saturated rings. The van der Waals surface area contributed by atoms with E-state index < -0.39 is 0 Å². The fourth-order valence-electron chi connectivity index (χ4n) is 2.83. The van der Waals surface area contributed by atoms with Crippen LogP contribution in [0.4, 0.5) is 5.69 Å². The Balaban J connectivity index is 2.01. The summed E-state index contributed by atoms with van der Waals surface area (Å²) in [4.78, 5) is 12.3. The summed E-state index contributed by atoms with van der Waals surface area (Å²) in [6.07, 6.45) is 1.05. The minimum Gasteiger partial charge on any atom is -0.378 e. The molecule has 0 spiro atoms. The van der Waals surface area contributed by atoms with Crippen LogP contribution in [-0.2, 0) is 11.2 Å². The number of nitrogens with one attached hydrogen (secondary N) is 1. The molecule has 2 nitrogen and oxygen atoms in total. The molecule has 0 aliphatic carbocycles. The lowest BCUT2D eigenvalue weighted by Gasteiger charge is -2.19. The predicted molar refractivity (Wildman–Crippen MR) is 89.7 cm³/mol. The summed E-state index contributed by atoms with van der Waals surface area (Å²) in [5.74, 6) is 0.287. The van der Waals surface area contributed by atoms with Gasteiger partial charge in [0.25, 0.3) is 0 Å². The zero-order valence-electron chi connectivity index (χ0n) is 12.2. The smallest absolute Gasteiger partial charge is 0.139 e. The van der Waals surface area contributed by atoms with Gasteiger partial charge >= 0.3 is 0 Å². The highest BCUT2D eigenvalue weighted by Crippen LogP contribution is 2.32. The summed E-state index contributed by atoms with van der Waals surface area (Å²) in [5, 5.41) is 3.56. The standard InChI is InChI=1S/C18H18BrNO/c1-11-6-14-9-16(21)10-18(20-17(14)7-12(11)2)13-4-3-5-15(19)8-13/h3-8,18,20H,9-10H2,1-2H3. The summed E-state index contributed by atoms with van der Waals surface area (Å²) in [7, 11) is 0. The van der Waals surface area contributed by atoms with Gasteiger partial charge in [-0.15, -0.1) is 0 Å². The van der Waals surface area contributed by atoms with E-state index in [1.165, 1.54) is 11.1 Å². The molecule has 0 saturated heterocycles. The Morgan fingerprint density at radius 2 is 1.90 bits per heavy atom. The largest absolute Gasteiger partial charge is 0.378 e. The highest BCUT2D eigenvalue weighted by Gasteiger charge is 2.23. The average Bonchev–Trinajstić information content (AvgIpc) is 2.58. The molecule has 0 aromatic heterocycles. The Morgan fingerprint density at radius 3 is 2.67 bits per heavy atom. The number of benzene rings is 2. The quantitative estimate of drug-likeness (QED) is 0.810. The third-order valence-electron chi connectivity index (χ3n) is 4.12. The van der Waals surface area contributed by atoms with Crippen LogP contribution in [0.3, 0.4) is 0 Å². The molecule has 1 aliphatic heterocycles. The molecule has 2 aromatic rings. The molecule has 0 amide bonds. The predicted octanol–water partition coefficient (Wildman–Crippen LogP) is 4.73. The first-order chi connectivity index (χ1) is 10.0. The molecule has 1 aliphatic rings. The lowest BCUT2D eigenvalue weighted by Crippen LogP contribution is -2.12. The number of ketones is 1. The molecule has 1 N–H and O–H groups in total. The monoisotopic (exact) mass is 343 g/mol. The van der Waals surface area contributed by atoms with Crippen molar-refractivity contribution in [2.24, 2.45) is 0 Å². The highest BCUT2D eigenvalue weighted by molar-refractivity contribution is 9.10. The summed E-state index contributed by atoms with van der Waals surface area (Å²) < 4.78 is 1.04. The van der Waals surface area contributed by atoms with Crippen molar-refractivity contribution in [3.05, 3.63) is 63.1 Å². The third kappa shape index (κ3) is 3.03. The number of carbonyl (C=O) groups is 1. The van der Waals surface area contributed by atoms with Crippen molar-refractivity contribution in [3.8, 4) is 0 Å². The molecule has 2 aromatic carbocycles. The lowest BCUT2D eigenvalue weighted by molar-refractivity contribution is -0.118. The van der Waals surface area contributed by atoms with E-state index in [0.29, 0.717) is 12.8 Å². The van der Waals surface area contributed by atoms with E-state index in [9.17, 15) is 4.79 Å².